The molecule has 0 bridgehead atoms. The van der Waals surface area contributed by atoms with E-state index in [0.29, 0.717) is 17.0 Å². The van der Waals surface area contributed by atoms with Crippen LogP contribution >= 0.6 is 0 Å². The number of nitrogens with zero attached hydrogens (tertiary/aromatic N) is 1. The van der Waals surface area contributed by atoms with Crippen molar-refractivity contribution in [1.29, 1.82) is 0 Å². The average Bonchev–Trinajstić information content (AvgIpc) is 2.58. The Bertz CT molecular complexity index is 900. The minimum atomic E-state index is -3.75. The van der Waals surface area contributed by atoms with Crippen LogP contribution < -0.4 is 14.4 Å². The van der Waals surface area contributed by atoms with Gasteiger partial charge in [0.15, 0.2) is 0 Å². The zero-order valence-electron chi connectivity index (χ0n) is 14.8. The van der Waals surface area contributed by atoms with Gasteiger partial charge in [0.1, 0.15) is 11.6 Å². The van der Waals surface area contributed by atoms with Crippen LogP contribution in [-0.2, 0) is 14.8 Å². The molecule has 0 saturated heterocycles. The minimum Gasteiger partial charge on any atom is -0.497 e. The summed E-state index contributed by atoms with van der Waals surface area (Å²) in [6, 6.07) is 10.2. The van der Waals surface area contributed by atoms with Crippen LogP contribution in [0, 0.1) is 12.7 Å². The van der Waals surface area contributed by atoms with E-state index in [0.717, 1.165) is 0 Å². The first-order valence-electron chi connectivity index (χ1n) is 7.92. The lowest BCUT2D eigenvalue weighted by Gasteiger charge is -2.21. The number of ether oxygens (including phenoxy) is 1. The van der Waals surface area contributed by atoms with Crippen molar-refractivity contribution in [2.45, 2.75) is 18.7 Å². The third-order valence-electron chi connectivity index (χ3n) is 3.80. The average molecular weight is 380 g/mol. The van der Waals surface area contributed by atoms with Gasteiger partial charge in [0, 0.05) is 25.7 Å². The van der Waals surface area contributed by atoms with Gasteiger partial charge in [-0.25, -0.2) is 17.5 Å². The molecule has 0 saturated carbocycles. The summed E-state index contributed by atoms with van der Waals surface area (Å²) in [5.74, 6) is -0.214. The number of nitrogens with one attached hydrogen (secondary N) is 1. The molecule has 0 aliphatic carbocycles. The van der Waals surface area contributed by atoms with Crippen LogP contribution in [0.2, 0.25) is 0 Å². The van der Waals surface area contributed by atoms with Crippen LogP contribution in [0.15, 0.2) is 47.4 Å². The molecule has 2 aromatic rings. The first-order valence-corrected chi connectivity index (χ1v) is 9.41. The molecule has 0 aromatic heterocycles. The summed E-state index contributed by atoms with van der Waals surface area (Å²) < 4.78 is 45.9. The molecule has 140 valence electrons. The van der Waals surface area contributed by atoms with Crippen molar-refractivity contribution in [2.75, 3.05) is 25.1 Å². The fraction of sp³-hybridized carbons (Fsp3) is 0.278. The highest BCUT2D eigenvalue weighted by molar-refractivity contribution is 7.89. The molecule has 6 nitrogen and oxygen atoms in total. The maximum absolute atomic E-state index is 13.4. The molecule has 0 fully saturated rings. The summed E-state index contributed by atoms with van der Waals surface area (Å²) in [7, 11) is -2.24. The standard InChI is InChI=1S/C18H21FN2O4S/c1-13-11-17(25-3)7-8-18(13)26(23,24)20-9-10-21(14(2)22)16-6-4-5-15(19)12-16/h4-8,11-12,20H,9-10H2,1-3H3. The van der Waals surface area contributed by atoms with Gasteiger partial charge in [-0.2, -0.15) is 0 Å². The van der Waals surface area contributed by atoms with Crippen LogP contribution in [0.4, 0.5) is 10.1 Å². The van der Waals surface area contributed by atoms with E-state index >= 15 is 0 Å². The van der Waals surface area contributed by atoms with Crippen LogP contribution in [0.1, 0.15) is 12.5 Å². The number of hydrogen-bond acceptors (Lipinski definition) is 4. The van der Waals surface area contributed by atoms with Gasteiger partial charge in [0.05, 0.1) is 12.0 Å². The molecule has 0 atom stereocenters. The fourth-order valence-corrected chi connectivity index (χ4v) is 3.78. The van der Waals surface area contributed by atoms with E-state index in [2.05, 4.69) is 4.72 Å². The molecular weight excluding hydrogens is 359 g/mol. The van der Waals surface area contributed by atoms with Gasteiger partial charge in [0.2, 0.25) is 15.9 Å². The van der Waals surface area contributed by atoms with Gasteiger partial charge >= 0.3 is 0 Å². The Hall–Kier alpha value is -2.45. The Balaban J connectivity index is 2.10. The predicted molar refractivity (Wildman–Crippen MR) is 97.3 cm³/mol. The molecule has 0 unspecified atom stereocenters. The van der Waals surface area contributed by atoms with Crippen LogP contribution in [0.5, 0.6) is 5.75 Å². The largest absolute Gasteiger partial charge is 0.497 e. The number of benzene rings is 2. The molecule has 2 rings (SSSR count). The second-order valence-electron chi connectivity index (χ2n) is 5.68. The molecule has 1 N–H and O–H groups in total. The van der Waals surface area contributed by atoms with E-state index in [1.54, 1.807) is 25.1 Å². The molecular formula is C18H21FN2O4S. The Labute approximate surface area is 152 Å². The van der Waals surface area contributed by atoms with Gasteiger partial charge in [-0.15, -0.1) is 0 Å². The van der Waals surface area contributed by atoms with Gasteiger partial charge in [-0.3, -0.25) is 4.79 Å². The fourth-order valence-electron chi connectivity index (χ4n) is 2.53. The van der Waals surface area contributed by atoms with E-state index in [9.17, 15) is 17.6 Å². The highest BCUT2D eigenvalue weighted by atomic mass is 32.2. The van der Waals surface area contributed by atoms with Gasteiger partial charge in [-0.1, -0.05) is 6.07 Å². The Morgan fingerprint density at radius 1 is 1.23 bits per heavy atom. The van der Waals surface area contributed by atoms with Crippen molar-refractivity contribution in [3.05, 3.63) is 53.8 Å². The van der Waals surface area contributed by atoms with E-state index < -0.39 is 15.8 Å². The number of carbonyl (C=O) groups excluding carboxylic acids is 1. The highest BCUT2D eigenvalue weighted by Crippen LogP contribution is 2.21. The normalized spacial score (nSPS) is 11.2. The molecule has 0 aliphatic heterocycles. The Morgan fingerprint density at radius 2 is 1.96 bits per heavy atom. The lowest BCUT2D eigenvalue weighted by Crippen LogP contribution is -2.37. The van der Waals surface area contributed by atoms with Gasteiger partial charge in [-0.05, 0) is 48.9 Å². The van der Waals surface area contributed by atoms with Crippen molar-refractivity contribution in [1.82, 2.24) is 4.72 Å². The number of halogens is 1. The summed E-state index contributed by atoms with van der Waals surface area (Å²) in [4.78, 5) is 13.3. The maximum Gasteiger partial charge on any atom is 0.240 e. The number of aryl methyl sites for hydroxylation is 1. The third kappa shape index (κ3) is 4.80. The molecule has 26 heavy (non-hydrogen) atoms. The van der Waals surface area contributed by atoms with Crippen LogP contribution in [-0.4, -0.2) is 34.5 Å². The van der Waals surface area contributed by atoms with Gasteiger partial charge < -0.3 is 9.64 Å². The summed E-state index contributed by atoms with van der Waals surface area (Å²) >= 11 is 0. The maximum atomic E-state index is 13.4. The molecule has 8 heteroatoms. The summed E-state index contributed by atoms with van der Waals surface area (Å²) in [5, 5.41) is 0. The number of carbonyl (C=O) groups is 1. The number of rotatable bonds is 7. The minimum absolute atomic E-state index is 0.0100. The van der Waals surface area contributed by atoms with Crippen molar-refractivity contribution < 1.29 is 22.3 Å². The van der Waals surface area contributed by atoms with E-state index in [4.69, 9.17) is 4.74 Å². The number of anilines is 1. The van der Waals surface area contributed by atoms with Crippen molar-refractivity contribution in [2.24, 2.45) is 0 Å². The summed E-state index contributed by atoms with van der Waals surface area (Å²) in [5.41, 5.74) is 0.919. The zero-order chi connectivity index (χ0) is 19.3. The summed E-state index contributed by atoms with van der Waals surface area (Å²) in [6.07, 6.45) is 0. The van der Waals surface area contributed by atoms with Crippen molar-refractivity contribution in [3.63, 3.8) is 0 Å². The van der Waals surface area contributed by atoms with E-state index in [1.807, 2.05) is 0 Å². The van der Waals surface area contributed by atoms with Crippen molar-refractivity contribution in [3.8, 4) is 5.75 Å². The van der Waals surface area contributed by atoms with Crippen molar-refractivity contribution >= 4 is 21.6 Å². The molecule has 0 aliphatic rings. The molecule has 0 heterocycles. The molecule has 0 radical (unpaired) electrons. The van der Waals surface area contributed by atoms with E-state index in [-0.39, 0.29) is 23.9 Å². The number of amides is 1. The SMILES string of the molecule is COc1ccc(S(=O)(=O)NCCN(C(C)=O)c2cccc(F)c2)c(C)c1. The van der Waals surface area contributed by atoms with Crippen LogP contribution in [0.25, 0.3) is 0 Å². The molecule has 0 spiro atoms. The topological polar surface area (TPSA) is 75.7 Å². The molecule has 1 amide bonds. The highest BCUT2D eigenvalue weighted by Gasteiger charge is 2.18. The lowest BCUT2D eigenvalue weighted by atomic mass is 10.2. The van der Waals surface area contributed by atoms with Gasteiger partial charge in [0.25, 0.3) is 0 Å². The first-order chi connectivity index (χ1) is 12.2. The smallest absolute Gasteiger partial charge is 0.240 e. The van der Waals surface area contributed by atoms with Crippen LogP contribution in [0.3, 0.4) is 0 Å². The number of sulfonamides is 1. The predicted octanol–water partition coefficient (Wildman–Crippen LogP) is 2.47. The van der Waals surface area contributed by atoms with E-state index in [1.165, 1.54) is 43.2 Å². The second kappa shape index (κ2) is 8.29. The summed E-state index contributed by atoms with van der Waals surface area (Å²) in [6.45, 7) is 3.08. The number of methoxy groups -OCH3 is 1. The monoisotopic (exact) mass is 380 g/mol. The second-order valence-corrected chi connectivity index (χ2v) is 7.42. The Kier molecular flexibility index (Phi) is 6.33. The molecule has 2 aromatic carbocycles. The Morgan fingerprint density at radius 3 is 2.54 bits per heavy atom. The zero-order valence-corrected chi connectivity index (χ0v) is 15.6. The number of hydrogen-bond donors (Lipinski definition) is 1. The lowest BCUT2D eigenvalue weighted by molar-refractivity contribution is -0.116. The third-order valence-corrected chi connectivity index (χ3v) is 5.42. The quantitative estimate of drug-likeness (QED) is 0.801. The first kappa shape index (κ1) is 19.9.